The number of hydrogen-bond acceptors (Lipinski definition) is 3. The molecule has 0 rings (SSSR count). The standard InChI is InChI=1S/C21H40O3S/c1-3-5-6-7-8-9-10-11-12-13-14-17-20(25-4-2)19(22)16-15-18-21(23)24/h14,17,19-20,22H,3-13,15-16,18H2,1-2H3,(H,23,24)/b17-14-. The molecule has 0 fully saturated rings. The highest BCUT2D eigenvalue weighted by atomic mass is 32.2. The summed E-state index contributed by atoms with van der Waals surface area (Å²) in [5.74, 6) is 0.177. The first-order valence-corrected chi connectivity index (χ1v) is 11.3. The molecule has 0 aromatic carbocycles. The van der Waals surface area contributed by atoms with Crippen LogP contribution in [0.2, 0.25) is 0 Å². The third kappa shape index (κ3) is 16.7. The van der Waals surface area contributed by atoms with Crippen LogP contribution < -0.4 is 0 Å². The van der Waals surface area contributed by atoms with E-state index in [1.54, 1.807) is 11.8 Å². The highest BCUT2D eigenvalue weighted by Crippen LogP contribution is 2.20. The summed E-state index contributed by atoms with van der Waals surface area (Å²) in [6, 6.07) is 0. The van der Waals surface area contributed by atoms with E-state index in [-0.39, 0.29) is 11.7 Å². The van der Waals surface area contributed by atoms with Gasteiger partial charge in [0, 0.05) is 11.7 Å². The van der Waals surface area contributed by atoms with Crippen LogP contribution in [-0.4, -0.2) is 33.3 Å². The van der Waals surface area contributed by atoms with Crippen LogP contribution in [-0.2, 0) is 4.79 Å². The van der Waals surface area contributed by atoms with E-state index in [0.29, 0.717) is 12.8 Å². The van der Waals surface area contributed by atoms with Crippen molar-refractivity contribution >= 4 is 17.7 Å². The van der Waals surface area contributed by atoms with Crippen molar-refractivity contribution in [2.75, 3.05) is 5.75 Å². The molecule has 2 N–H and O–H groups in total. The van der Waals surface area contributed by atoms with Gasteiger partial charge in [0.25, 0.3) is 0 Å². The van der Waals surface area contributed by atoms with Gasteiger partial charge in [-0.25, -0.2) is 0 Å². The largest absolute Gasteiger partial charge is 0.481 e. The van der Waals surface area contributed by atoms with Gasteiger partial charge in [0.2, 0.25) is 0 Å². The van der Waals surface area contributed by atoms with Gasteiger partial charge in [0.1, 0.15) is 0 Å². The molecule has 2 atom stereocenters. The van der Waals surface area contributed by atoms with E-state index < -0.39 is 12.1 Å². The average molecular weight is 373 g/mol. The zero-order valence-corrected chi connectivity index (χ0v) is 17.2. The number of aliphatic carboxylic acids is 1. The molecule has 25 heavy (non-hydrogen) atoms. The van der Waals surface area contributed by atoms with Gasteiger partial charge in [0.05, 0.1) is 6.10 Å². The predicted molar refractivity (Wildman–Crippen MR) is 110 cm³/mol. The average Bonchev–Trinajstić information content (AvgIpc) is 2.58. The molecule has 0 amide bonds. The Morgan fingerprint density at radius 1 is 0.960 bits per heavy atom. The van der Waals surface area contributed by atoms with Gasteiger partial charge in [-0.15, -0.1) is 0 Å². The molecule has 0 aromatic heterocycles. The summed E-state index contributed by atoms with van der Waals surface area (Å²) >= 11 is 1.74. The Kier molecular flexibility index (Phi) is 18.0. The number of allylic oxidation sites excluding steroid dienone is 1. The highest BCUT2D eigenvalue weighted by Gasteiger charge is 2.16. The lowest BCUT2D eigenvalue weighted by Crippen LogP contribution is -2.21. The second kappa shape index (κ2) is 18.3. The third-order valence-corrected chi connectivity index (χ3v) is 5.62. The van der Waals surface area contributed by atoms with E-state index in [4.69, 9.17) is 5.11 Å². The fraction of sp³-hybridized carbons (Fsp3) is 0.857. The molecule has 0 aromatic rings. The smallest absolute Gasteiger partial charge is 0.303 e. The van der Waals surface area contributed by atoms with E-state index in [2.05, 4.69) is 26.0 Å². The molecule has 0 aliphatic heterocycles. The maximum absolute atomic E-state index is 10.6. The summed E-state index contributed by atoms with van der Waals surface area (Å²) in [5, 5.41) is 19.0. The fourth-order valence-electron chi connectivity index (χ4n) is 2.92. The second-order valence-electron chi connectivity index (χ2n) is 6.82. The van der Waals surface area contributed by atoms with Crippen molar-refractivity contribution in [2.24, 2.45) is 0 Å². The van der Waals surface area contributed by atoms with E-state index >= 15 is 0 Å². The number of carboxylic acid groups (broad SMARTS) is 1. The first-order chi connectivity index (χ1) is 12.1. The molecule has 148 valence electrons. The SMILES string of the molecule is CCCCCCCCCCC/C=C\C(SCC)C(O)CCCC(=O)O. The normalized spacial score (nSPS) is 14.0. The minimum absolute atomic E-state index is 0.0948. The Hall–Kier alpha value is -0.480. The fourth-order valence-corrected chi connectivity index (χ4v) is 3.88. The number of thioether (sulfide) groups is 1. The first-order valence-electron chi connectivity index (χ1n) is 10.3. The van der Waals surface area contributed by atoms with Crippen molar-refractivity contribution in [1.29, 1.82) is 0 Å². The number of aliphatic hydroxyl groups excluding tert-OH is 1. The molecule has 0 spiro atoms. The molecule has 0 aliphatic rings. The van der Waals surface area contributed by atoms with E-state index in [0.717, 1.165) is 12.2 Å². The quantitative estimate of drug-likeness (QED) is 0.222. The van der Waals surface area contributed by atoms with Gasteiger partial charge < -0.3 is 10.2 Å². The van der Waals surface area contributed by atoms with E-state index in [9.17, 15) is 9.90 Å². The van der Waals surface area contributed by atoms with Gasteiger partial charge in [-0.05, 0) is 31.4 Å². The van der Waals surface area contributed by atoms with Crippen molar-refractivity contribution in [3.63, 3.8) is 0 Å². The zero-order valence-electron chi connectivity index (χ0n) is 16.4. The molecular formula is C21H40O3S. The number of rotatable bonds is 18. The van der Waals surface area contributed by atoms with Crippen molar-refractivity contribution in [3.8, 4) is 0 Å². The Balaban J connectivity index is 3.75. The Morgan fingerprint density at radius 3 is 2.12 bits per heavy atom. The third-order valence-electron chi connectivity index (χ3n) is 4.43. The maximum atomic E-state index is 10.6. The summed E-state index contributed by atoms with van der Waals surface area (Å²) in [4.78, 5) is 10.6. The number of carbonyl (C=O) groups is 1. The minimum atomic E-state index is -0.784. The number of aliphatic hydroxyl groups is 1. The number of unbranched alkanes of at least 4 members (excludes halogenated alkanes) is 9. The van der Waals surface area contributed by atoms with Crippen LogP contribution in [0.25, 0.3) is 0 Å². The van der Waals surface area contributed by atoms with Gasteiger partial charge in [-0.3, -0.25) is 4.79 Å². The van der Waals surface area contributed by atoms with Crippen molar-refractivity contribution in [1.82, 2.24) is 0 Å². The minimum Gasteiger partial charge on any atom is -0.481 e. The Labute approximate surface area is 159 Å². The molecule has 0 saturated carbocycles. The second-order valence-corrected chi connectivity index (χ2v) is 8.27. The van der Waals surface area contributed by atoms with Crippen molar-refractivity contribution in [3.05, 3.63) is 12.2 Å². The van der Waals surface area contributed by atoms with Crippen LogP contribution in [0, 0.1) is 0 Å². The van der Waals surface area contributed by atoms with Crippen LogP contribution in [0.4, 0.5) is 0 Å². The van der Waals surface area contributed by atoms with Crippen molar-refractivity contribution in [2.45, 2.75) is 109 Å². The highest BCUT2D eigenvalue weighted by molar-refractivity contribution is 8.00. The van der Waals surface area contributed by atoms with E-state index in [1.165, 1.54) is 57.8 Å². The van der Waals surface area contributed by atoms with Crippen molar-refractivity contribution < 1.29 is 15.0 Å². The van der Waals surface area contributed by atoms with E-state index in [1.807, 2.05) is 0 Å². The zero-order chi connectivity index (χ0) is 18.8. The molecule has 0 aliphatic carbocycles. The summed E-state index contributed by atoms with van der Waals surface area (Å²) < 4.78 is 0. The van der Waals surface area contributed by atoms with Gasteiger partial charge in [-0.1, -0.05) is 77.4 Å². The lowest BCUT2D eigenvalue weighted by molar-refractivity contribution is -0.137. The number of hydrogen-bond donors (Lipinski definition) is 2. The molecular weight excluding hydrogens is 332 g/mol. The lowest BCUT2D eigenvalue weighted by atomic mass is 10.1. The maximum Gasteiger partial charge on any atom is 0.303 e. The summed E-state index contributed by atoms with van der Waals surface area (Å²) in [7, 11) is 0. The van der Waals surface area contributed by atoms with Gasteiger partial charge in [0.15, 0.2) is 0 Å². The summed E-state index contributed by atoms with van der Waals surface area (Å²) in [5.41, 5.74) is 0. The molecule has 0 radical (unpaired) electrons. The predicted octanol–water partition coefficient (Wildman–Crippen LogP) is 6.20. The number of carboxylic acids is 1. The molecule has 0 saturated heterocycles. The Bertz CT molecular complexity index is 331. The van der Waals surface area contributed by atoms with Crippen LogP contribution in [0.15, 0.2) is 12.2 Å². The lowest BCUT2D eigenvalue weighted by Gasteiger charge is -2.18. The topological polar surface area (TPSA) is 57.5 Å². The Morgan fingerprint density at radius 2 is 1.56 bits per heavy atom. The van der Waals surface area contributed by atoms with Crippen LogP contribution in [0.1, 0.15) is 97.3 Å². The molecule has 4 heteroatoms. The van der Waals surface area contributed by atoms with Gasteiger partial charge >= 0.3 is 5.97 Å². The molecule has 0 heterocycles. The van der Waals surface area contributed by atoms with Crippen LogP contribution in [0.5, 0.6) is 0 Å². The van der Waals surface area contributed by atoms with Gasteiger partial charge in [-0.2, -0.15) is 11.8 Å². The first kappa shape index (κ1) is 24.5. The van der Waals surface area contributed by atoms with Crippen LogP contribution >= 0.6 is 11.8 Å². The molecule has 0 bridgehead atoms. The molecule has 2 unspecified atom stereocenters. The summed E-state index contributed by atoms with van der Waals surface area (Å²) in [6.45, 7) is 4.35. The monoisotopic (exact) mass is 372 g/mol. The van der Waals surface area contributed by atoms with Crippen LogP contribution in [0.3, 0.4) is 0 Å². The molecule has 3 nitrogen and oxygen atoms in total. The summed E-state index contributed by atoms with van der Waals surface area (Å²) in [6.07, 6.45) is 18.3.